The summed E-state index contributed by atoms with van der Waals surface area (Å²) >= 11 is 0. The molecule has 1 spiro atoms. The molecule has 3 fully saturated rings. The third-order valence-corrected chi connectivity index (χ3v) is 9.18. The first-order valence-corrected chi connectivity index (χ1v) is 15.2. The quantitative estimate of drug-likeness (QED) is 0.328. The lowest BCUT2D eigenvalue weighted by Gasteiger charge is -2.41. The molecule has 0 radical (unpaired) electrons. The van der Waals surface area contributed by atoms with E-state index in [0.29, 0.717) is 38.9 Å². The summed E-state index contributed by atoms with van der Waals surface area (Å²) in [5.74, 6) is -2.02. The molecule has 3 unspecified atom stereocenters. The van der Waals surface area contributed by atoms with Gasteiger partial charge >= 0.3 is 0 Å². The molecule has 1 N–H and O–H groups in total. The van der Waals surface area contributed by atoms with Crippen molar-refractivity contribution in [3.8, 4) is 0 Å². The van der Waals surface area contributed by atoms with Crippen LogP contribution >= 0.6 is 0 Å². The second kappa shape index (κ2) is 13.3. The van der Waals surface area contributed by atoms with Crippen LogP contribution in [-0.4, -0.2) is 93.6 Å². The van der Waals surface area contributed by atoms with Gasteiger partial charge in [0.15, 0.2) is 0 Å². The van der Waals surface area contributed by atoms with E-state index in [0.717, 1.165) is 24.8 Å². The second-order valence-corrected chi connectivity index (χ2v) is 11.8. The molecule has 3 heterocycles. The van der Waals surface area contributed by atoms with E-state index in [2.05, 4.69) is 20.1 Å². The van der Waals surface area contributed by atoms with Gasteiger partial charge < -0.3 is 24.5 Å². The van der Waals surface area contributed by atoms with Gasteiger partial charge in [0.25, 0.3) is 0 Å². The van der Waals surface area contributed by atoms with Gasteiger partial charge in [0.05, 0.1) is 30.6 Å². The standard InChI is InChI=1S/C33H47N3O5/c1-6-13-23(5)35(20-9-4)32(40)29-33-17-16-26(41-33)27(30(38)34(18-7-2)19-8-3)28(33)31(39)36(29)25(22-37)21-24-14-11-10-12-15-24/h7,9-12,14-15,23,25-29,37H,2,4,6,8,13,16-22H2,1,3,5H3/t23?,25-,26+,27-,28+,29?,33?/m1/s1. The third kappa shape index (κ3) is 5.61. The van der Waals surface area contributed by atoms with Gasteiger partial charge in [-0.2, -0.15) is 0 Å². The van der Waals surface area contributed by atoms with Crippen molar-refractivity contribution in [3.05, 3.63) is 61.2 Å². The zero-order chi connectivity index (χ0) is 29.7. The van der Waals surface area contributed by atoms with Crippen LogP contribution in [0.3, 0.4) is 0 Å². The van der Waals surface area contributed by atoms with Crippen molar-refractivity contribution in [1.29, 1.82) is 0 Å². The number of hydrogen-bond donors (Lipinski definition) is 1. The largest absolute Gasteiger partial charge is 0.394 e. The normalized spacial score (nSPS) is 27.8. The van der Waals surface area contributed by atoms with Gasteiger partial charge in [0.1, 0.15) is 11.6 Å². The Morgan fingerprint density at radius 1 is 1.15 bits per heavy atom. The molecule has 3 aliphatic rings. The highest BCUT2D eigenvalue weighted by Crippen LogP contribution is 2.59. The van der Waals surface area contributed by atoms with E-state index in [9.17, 15) is 19.5 Å². The Balaban J connectivity index is 1.80. The van der Waals surface area contributed by atoms with Crippen molar-refractivity contribution in [2.24, 2.45) is 11.8 Å². The number of carbonyl (C=O) groups excluding carboxylic acids is 3. The number of aliphatic hydroxyl groups excluding tert-OH is 1. The van der Waals surface area contributed by atoms with Crippen LogP contribution in [0.4, 0.5) is 0 Å². The van der Waals surface area contributed by atoms with Crippen LogP contribution < -0.4 is 0 Å². The molecule has 3 aliphatic heterocycles. The van der Waals surface area contributed by atoms with Gasteiger partial charge in [-0.3, -0.25) is 14.4 Å². The van der Waals surface area contributed by atoms with Crippen LogP contribution in [0.2, 0.25) is 0 Å². The number of fused-ring (bicyclic) bond motifs is 1. The van der Waals surface area contributed by atoms with Gasteiger partial charge in [-0.1, -0.05) is 62.8 Å². The second-order valence-electron chi connectivity index (χ2n) is 11.8. The number of hydrogen-bond acceptors (Lipinski definition) is 5. The highest BCUT2D eigenvalue weighted by atomic mass is 16.5. The van der Waals surface area contributed by atoms with Crippen LogP contribution in [0.1, 0.15) is 58.4 Å². The smallest absolute Gasteiger partial charge is 0.248 e. The van der Waals surface area contributed by atoms with E-state index in [4.69, 9.17) is 4.74 Å². The first-order valence-electron chi connectivity index (χ1n) is 15.2. The lowest BCUT2D eigenvalue weighted by atomic mass is 9.70. The fourth-order valence-electron chi connectivity index (χ4n) is 7.47. The summed E-state index contributed by atoms with van der Waals surface area (Å²) < 4.78 is 6.68. The number of benzene rings is 1. The molecular formula is C33H47N3O5. The van der Waals surface area contributed by atoms with E-state index in [1.165, 1.54) is 0 Å². The minimum atomic E-state index is -1.11. The van der Waals surface area contributed by atoms with Gasteiger partial charge in [-0.15, -0.1) is 13.2 Å². The number of nitrogens with zero attached hydrogens (tertiary/aromatic N) is 3. The topological polar surface area (TPSA) is 90.4 Å². The average Bonchev–Trinajstić information content (AvgIpc) is 3.62. The average molecular weight is 566 g/mol. The van der Waals surface area contributed by atoms with E-state index in [1.54, 1.807) is 26.9 Å². The molecule has 2 bridgehead atoms. The van der Waals surface area contributed by atoms with Crippen LogP contribution in [0.25, 0.3) is 0 Å². The van der Waals surface area contributed by atoms with Crippen LogP contribution in [0.15, 0.2) is 55.6 Å². The Hall–Kier alpha value is -2.97. The highest BCUT2D eigenvalue weighted by Gasteiger charge is 2.75. The van der Waals surface area contributed by atoms with Crippen molar-refractivity contribution >= 4 is 17.7 Å². The summed E-state index contributed by atoms with van der Waals surface area (Å²) in [6.45, 7) is 14.8. The minimum absolute atomic E-state index is 0.0664. The summed E-state index contributed by atoms with van der Waals surface area (Å²) in [7, 11) is 0. The van der Waals surface area contributed by atoms with E-state index in [1.807, 2.05) is 44.2 Å². The third-order valence-electron chi connectivity index (χ3n) is 9.18. The maximum Gasteiger partial charge on any atom is 0.248 e. The summed E-state index contributed by atoms with van der Waals surface area (Å²) in [4.78, 5) is 48.3. The van der Waals surface area contributed by atoms with E-state index < -0.39 is 35.6 Å². The lowest BCUT2D eigenvalue weighted by Crippen LogP contribution is -2.60. The predicted molar refractivity (Wildman–Crippen MR) is 159 cm³/mol. The number of amides is 3. The van der Waals surface area contributed by atoms with Gasteiger partial charge in [0, 0.05) is 25.7 Å². The van der Waals surface area contributed by atoms with Crippen LogP contribution in [0, 0.1) is 11.8 Å². The maximum absolute atomic E-state index is 14.6. The number of ether oxygens (including phenoxy) is 1. The van der Waals surface area contributed by atoms with Crippen LogP contribution in [-0.2, 0) is 25.5 Å². The van der Waals surface area contributed by atoms with Gasteiger partial charge in [0.2, 0.25) is 17.7 Å². The SMILES string of the molecule is C=CCN(CCC)C(=O)[C@@H]1[C@@H]2CCC3(O2)C(C(=O)N(CC=C)C(C)CCC)N([C@@H](CO)Cc2ccccc2)C(=O)[C@H]13. The Kier molecular flexibility index (Phi) is 10.1. The van der Waals surface area contributed by atoms with Gasteiger partial charge in [-0.05, 0) is 44.6 Å². The van der Waals surface area contributed by atoms with E-state index >= 15 is 0 Å². The molecule has 41 heavy (non-hydrogen) atoms. The molecule has 0 aliphatic carbocycles. The summed E-state index contributed by atoms with van der Waals surface area (Å²) in [6, 6.07) is 8.05. The Labute approximate surface area is 245 Å². The molecule has 0 aromatic heterocycles. The van der Waals surface area contributed by atoms with Crippen molar-refractivity contribution in [2.75, 3.05) is 26.2 Å². The summed E-state index contributed by atoms with van der Waals surface area (Å²) in [5.41, 5.74) is -0.152. The molecule has 1 aromatic rings. The number of likely N-dealkylation sites (tertiary alicyclic amines) is 1. The molecule has 224 valence electrons. The van der Waals surface area contributed by atoms with Crippen LogP contribution in [0.5, 0.6) is 0 Å². The van der Waals surface area contributed by atoms with Crippen molar-refractivity contribution in [1.82, 2.24) is 14.7 Å². The molecule has 7 atom stereocenters. The fourth-order valence-corrected chi connectivity index (χ4v) is 7.47. The number of rotatable bonds is 15. The molecule has 8 heteroatoms. The lowest BCUT2D eigenvalue weighted by molar-refractivity contribution is -0.153. The van der Waals surface area contributed by atoms with Crippen molar-refractivity contribution < 1.29 is 24.2 Å². The van der Waals surface area contributed by atoms with Crippen molar-refractivity contribution in [2.45, 2.75) is 89.1 Å². The molecule has 3 amide bonds. The Bertz CT molecular complexity index is 1110. The Morgan fingerprint density at radius 3 is 2.46 bits per heavy atom. The molecule has 0 saturated carbocycles. The number of aliphatic hydroxyl groups is 1. The Morgan fingerprint density at radius 2 is 1.85 bits per heavy atom. The predicted octanol–water partition coefficient (Wildman–Crippen LogP) is 3.59. The summed E-state index contributed by atoms with van der Waals surface area (Å²) in [5, 5.41) is 10.7. The molecular weight excluding hydrogens is 518 g/mol. The summed E-state index contributed by atoms with van der Waals surface area (Å²) in [6.07, 6.45) is 7.02. The molecule has 4 rings (SSSR count). The number of carbonyl (C=O) groups is 3. The fraction of sp³-hybridized carbons (Fsp3) is 0.606. The molecule has 8 nitrogen and oxygen atoms in total. The monoisotopic (exact) mass is 565 g/mol. The zero-order valence-electron chi connectivity index (χ0n) is 24.9. The molecule has 1 aromatic carbocycles. The first-order chi connectivity index (χ1) is 19.8. The maximum atomic E-state index is 14.6. The van der Waals surface area contributed by atoms with E-state index in [-0.39, 0.29) is 30.4 Å². The van der Waals surface area contributed by atoms with Gasteiger partial charge in [-0.25, -0.2) is 0 Å². The first kappa shape index (κ1) is 31.0. The zero-order valence-corrected chi connectivity index (χ0v) is 24.9. The molecule has 3 saturated heterocycles. The highest BCUT2D eigenvalue weighted by molar-refractivity contribution is 5.99. The minimum Gasteiger partial charge on any atom is -0.394 e. The van der Waals surface area contributed by atoms with Crippen molar-refractivity contribution in [3.63, 3.8) is 0 Å².